The summed E-state index contributed by atoms with van der Waals surface area (Å²) in [5.74, 6) is 3.29. The zero-order chi connectivity index (χ0) is 21.8. The molecule has 2 aromatic heterocycles. The van der Waals surface area contributed by atoms with Gasteiger partial charge in [-0.15, -0.1) is 0 Å². The summed E-state index contributed by atoms with van der Waals surface area (Å²) < 4.78 is 18.9. The van der Waals surface area contributed by atoms with E-state index in [-0.39, 0.29) is 6.04 Å². The van der Waals surface area contributed by atoms with Crippen molar-refractivity contribution < 1.29 is 14.2 Å². The van der Waals surface area contributed by atoms with E-state index in [1.165, 1.54) is 5.56 Å². The molecule has 0 spiro atoms. The lowest BCUT2D eigenvalue weighted by molar-refractivity contribution is 0.231. The van der Waals surface area contributed by atoms with Gasteiger partial charge in [0.1, 0.15) is 11.6 Å². The summed E-state index contributed by atoms with van der Waals surface area (Å²) in [5, 5.41) is 0. The van der Waals surface area contributed by atoms with E-state index in [2.05, 4.69) is 27.4 Å². The van der Waals surface area contributed by atoms with Gasteiger partial charge in [0.15, 0.2) is 11.5 Å². The molecule has 7 nitrogen and oxygen atoms in total. The molecule has 1 aliphatic rings. The number of aryl methyl sites for hydroxylation is 1. The first-order valence-corrected chi connectivity index (χ1v) is 10.6. The molecule has 1 aliphatic heterocycles. The van der Waals surface area contributed by atoms with Crippen LogP contribution in [0, 0.1) is 6.92 Å². The van der Waals surface area contributed by atoms with Gasteiger partial charge in [0.2, 0.25) is 0 Å². The number of hydrogen-bond donors (Lipinski definition) is 0. The summed E-state index contributed by atoms with van der Waals surface area (Å²) in [4.78, 5) is 11.6. The van der Waals surface area contributed by atoms with E-state index >= 15 is 0 Å². The van der Waals surface area contributed by atoms with Crippen LogP contribution in [0.3, 0.4) is 0 Å². The van der Waals surface area contributed by atoms with Crippen molar-refractivity contribution in [2.45, 2.75) is 38.9 Å². The first kappa shape index (κ1) is 21.2. The molecule has 0 saturated carbocycles. The Morgan fingerprint density at radius 3 is 2.48 bits per heavy atom. The average Bonchev–Trinajstić information content (AvgIpc) is 3.40. The van der Waals surface area contributed by atoms with Crippen molar-refractivity contribution >= 4 is 0 Å². The Labute approximate surface area is 183 Å². The van der Waals surface area contributed by atoms with Gasteiger partial charge >= 0.3 is 0 Å². The number of rotatable bonds is 8. The number of methoxy groups -OCH3 is 3. The fourth-order valence-corrected chi connectivity index (χ4v) is 4.37. The monoisotopic (exact) mass is 422 g/mol. The quantitative estimate of drug-likeness (QED) is 0.547. The van der Waals surface area contributed by atoms with Crippen molar-refractivity contribution in [3.05, 3.63) is 65.5 Å². The van der Waals surface area contributed by atoms with Gasteiger partial charge in [-0.3, -0.25) is 9.88 Å². The highest BCUT2D eigenvalue weighted by atomic mass is 16.5. The van der Waals surface area contributed by atoms with E-state index in [9.17, 15) is 0 Å². The number of hydrogen-bond acceptors (Lipinski definition) is 6. The SMILES string of the molecule is COc1cc(OC)c(OC)cc1CN1CCCC1c1ncc(C)n1Cc1cccnc1. The van der Waals surface area contributed by atoms with Crippen LogP contribution < -0.4 is 14.2 Å². The summed E-state index contributed by atoms with van der Waals surface area (Å²) >= 11 is 0. The normalized spacial score (nSPS) is 16.5. The molecule has 1 saturated heterocycles. The number of aromatic nitrogens is 3. The Kier molecular flexibility index (Phi) is 6.42. The van der Waals surface area contributed by atoms with Crippen LogP contribution in [0.4, 0.5) is 0 Å². The minimum Gasteiger partial charge on any atom is -0.496 e. The number of likely N-dealkylation sites (tertiary alicyclic amines) is 1. The molecule has 1 unspecified atom stereocenters. The van der Waals surface area contributed by atoms with Crippen LogP contribution in [-0.4, -0.2) is 47.3 Å². The summed E-state index contributed by atoms with van der Waals surface area (Å²) in [6.07, 6.45) is 7.92. The number of nitrogens with zero attached hydrogens (tertiary/aromatic N) is 4. The number of pyridine rings is 1. The highest BCUT2D eigenvalue weighted by molar-refractivity contribution is 5.50. The molecule has 7 heteroatoms. The summed E-state index contributed by atoms with van der Waals surface area (Å²) in [7, 11) is 4.98. The van der Waals surface area contributed by atoms with E-state index < -0.39 is 0 Å². The van der Waals surface area contributed by atoms with E-state index in [4.69, 9.17) is 19.2 Å². The molecule has 3 aromatic rings. The minimum atomic E-state index is 0.253. The smallest absolute Gasteiger partial charge is 0.164 e. The number of benzene rings is 1. The van der Waals surface area contributed by atoms with Crippen LogP contribution in [0.15, 0.2) is 42.9 Å². The van der Waals surface area contributed by atoms with Crippen LogP contribution in [0.5, 0.6) is 17.2 Å². The second-order valence-electron chi connectivity index (χ2n) is 7.85. The Morgan fingerprint density at radius 1 is 1.00 bits per heavy atom. The molecule has 164 valence electrons. The molecule has 31 heavy (non-hydrogen) atoms. The lowest BCUT2D eigenvalue weighted by atomic mass is 10.1. The van der Waals surface area contributed by atoms with Gasteiger partial charge in [-0.25, -0.2) is 4.98 Å². The predicted molar refractivity (Wildman–Crippen MR) is 119 cm³/mol. The lowest BCUT2D eigenvalue weighted by Crippen LogP contribution is -2.26. The van der Waals surface area contributed by atoms with Crippen LogP contribution in [0.2, 0.25) is 0 Å². The highest BCUT2D eigenvalue weighted by Crippen LogP contribution is 2.38. The molecule has 0 radical (unpaired) electrons. The van der Waals surface area contributed by atoms with Gasteiger partial charge in [0.25, 0.3) is 0 Å². The molecule has 0 amide bonds. The fraction of sp³-hybridized carbons (Fsp3) is 0.417. The molecule has 0 bridgehead atoms. The summed E-state index contributed by atoms with van der Waals surface area (Å²) in [6, 6.07) is 8.25. The van der Waals surface area contributed by atoms with Crippen molar-refractivity contribution in [1.29, 1.82) is 0 Å². The van der Waals surface area contributed by atoms with Crippen molar-refractivity contribution in [2.75, 3.05) is 27.9 Å². The fourth-order valence-electron chi connectivity index (χ4n) is 4.37. The van der Waals surface area contributed by atoms with Gasteiger partial charge in [0.05, 0.1) is 33.9 Å². The second-order valence-corrected chi connectivity index (χ2v) is 7.85. The maximum atomic E-state index is 5.66. The number of imidazole rings is 1. The van der Waals surface area contributed by atoms with Crippen LogP contribution in [0.1, 0.15) is 41.5 Å². The second kappa shape index (κ2) is 9.39. The average molecular weight is 423 g/mol. The molecule has 1 fully saturated rings. The third kappa shape index (κ3) is 4.37. The van der Waals surface area contributed by atoms with Gasteiger partial charge < -0.3 is 18.8 Å². The van der Waals surface area contributed by atoms with Crippen LogP contribution in [0.25, 0.3) is 0 Å². The van der Waals surface area contributed by atoms with Gasteiger partial charge in [-0.05, 0) is 44.0 Å². The Bertz CT molecular complexity index is 1020. The highest BCUT2D eigenvalue weighted by Gasteiger charge is 2.31. The Hall–Kier alpha value is -3.06. The zero-order valence-electron chi connectivity index (χ0n) is 18.7. The standard InChI is InChI=1S/C24H30N4O3/c1-17-13-26-24(28(17)15-18-7-5-9-25-14-18)20-8-6-10-27(20)16-19-11-22(30-3)23(31-4)12-21(19)29-2/h5,7,9,11-14,20H,6,8,10,15-16H2,1-4H3. The third-order valence-corrected chi connectivity index (χ3v) is 5.97. The molecular weight excluding hydrogens is 392 g/mol. The van der Waals surface area contributed by atoms with Crippen LogP contribution >= 0.6 is 0 Å². The van der Waals surface area contributed by atoms with E-state index in [0.29, 0.717) is 11.5 Å². The first-order chi connectivity index (χ1) is 15.1. The predicted octanol–water partition coefficient (Wildman–Crippen LogP) is 4.00. The van der Waals surface area contributed by atoms with E-state index in [1.54, 1.807) is 27.5 Å². The largest absolute Gasteiger partial charge is 0.496 e. The van der Waals surface area contributed by atoms with Gasteiger partial charge in [-0.2, -0.15) is 0 Å². The zero-order valence-corrected chi connectivity index (χ0v) is 18.7. The topological polar surface area (TPSA) is 61.6 Å². The van der Waals surface area contributed by atoms with Crippen molar-refractivity contribution in [3.8, 4) is 17.2 Å². The third-order valence-electron chi connectivity index (χ3n) is 5.97. The van der Waals surface area contributed by atoms with Crippen molar-refractivity contribution in [2.24, 2.45) is 0 Å². The van der Waals surface area contributed by atoms with Crippen molar-refractivity contribution in [1.82, 2.24) is 19.4 Å². The molecule has 0 N–H and O–H groups in total. The van der Waals surface area contributed by atoms with Gasteiger partial charge in [-0.1, -0.05) is 6.07 Å². The number of ether oxygens (including phenoxy) is 3. The molecule has 0 aliphatic carbocycles. The molecule has 1 atom stereocenters. The maximum Gasteiger partial charge on any atom is 0.164 e. The van der Waals surface area contributed by atoms with E-state index in [0.717, 1.165) is 55.3 Å². The molecule has 4 rings (SSSR count). The van der Waals surface area contributed by atoms with Crippen LogP contribution in [-0.2, 0) is 13.1 Å². The maximum absolute atomic E-state index is 5.66. The van der Waals surface area contributed by atoms with Crippen molar-refractivity contribution in [3.63, 3.8) is 0 Å². The van der Waals surface area contributed by atoms with Gasteiger partial charge in [0, 0.05) is 42.5 Å². The Balaban J connectivity index is 1.61. The first-order valence-electron chi connectivity index (χ1n) is 10.6. The lowest BCUT2D eigenvalue weighted by Gasteiger charge is -2.26. The Morgan fingerprint density at radius 2 is 1.77 bits per heavy atom. The molecular formula is C24H30N4O3. The molecule has 3 heterocycles. The summed E-state index contributed by atoms with van der Waals surface area (Å²) in [6.45, 7) is 4.66. The summed E-state index contributed by atoms with van der Waals surface area (Å²) in [5.41, 5.74) is 3.42. The minimum absolute atomic E-state index is 0.253. The molecule has 1 aromatic carbocycles. The van der Waals surface area contributed by atoms with E-state index in [1.807, 2.05) is 30.6 Å².